The number of hydrogen-bond donors (Lipinski definition) is 1. The van der Waals surface area contributed by atoms with Gasteiger partial charge in [0.2, 0.25) is 0 Å². The van der Waals surface area contributed by atoms with Gasteiger partial charge in [-0.3, -0.25) is 4.98 Å². The van der Waals surface area contributed by atoms with E-state index in [-0.39, 0.29) is 0 Å². The van der Waals surface area contributed by atoms with E-state index in [9.17, 15) is 0 Å². The van der Waals surface area contributed by atoms with Crippen molar-refractivity contribution in [2.45, 2.75) is 38.5 Å². The Bertz CT molecular complexity index is 1240. The van der Waals surface area contributed by atoms with Gasteiger partial charge >= 0.3 is 0 Å². The molecule has 1 aromatic heterocycles. The van der Waals surface area contributed by atoms with Crippen LogP contribution in [0.1, 0.15) is 48.1 Å². The maximum Gasteiger partial charge on any atom is 0.0896 e. The molecule has 0 bridgehead atoms. The van der Waals surface area contributed by atoms with Gasteiger partial charge in [0.05, 0.1) is 11.4 Å². The molecule has 0 unspecified atom stereocenters. The normalized spacial score (nSPS) is 19.5. The number of aryl methyl sites for hydroxylation is 2. The molecular weight excluding hydrogens is 444 g/mol. The molecule has 0 spiro atoms. The van der Waals surface area contributed by atoms with Gasteiger partial charge in [-0.2, -0.15) is 0 Å². The summed E-state index contributed by atoms with van der Waals surface area (Å²) in [7, 11) is 0. The number of rotatable bonds is 2. The first-order valence-corrected chi connectivity index (χ1v) is 12.1. The molecule has 31 heavy (non-hydrogen) atoms. The lowest BCUT2D eigenvalue weighted by Gasteiger charge is -2.28. The first kappa shape index (κ1) is 19.1. The fourth-order valence-electron chi connectivity index (χ4n) is 5.13. The molecule has 6 rings (SSSR count). The molecule has 0 saturated carbocycles. The first-order valence-electron chi connectivity index (χ1n) is 11.3. The average molecular weight is 469 g/mol. The van der Waals surface area contributed by atoms with Crippen molar-refractivity contribution in [3.8, 4) is 11.1 Å². The quantitative estimate of drug-likeness (QED) is 0.518. The smallest absolute Gasteiger partial charge is 0.0896 e. The Morgan fingerprint density at radius 2 is 1.77 bits per heavy atom. The van der Waals surface area contributed by atoms with Gasteiger partial charge in [0.15, 0.2) is 0 Å². The molecule has 2 aromatic rings. The second-order valence-electron chi connectivity index (χ2n) is 8.82. The van der Waals surface area contributed by atoms with Gasteiger partial charge in [-0.25, -0.2) is 0 Å². The van der Waals surface area contributed by atoms with Gasteiger partial charge in [0.25, 0.3) is 0 Å². The van der Waals surface area contributed by atoms with Gasteiger partial charge in [-0.15, -0.1) is 0 Å². The van der Waals surface area contributed by atoms with E-state index in [2.05, 4.69) is 82.1 Å². The molecular formula is C28H25BrN2. The van der Waals surface area contributed by atoms with Crippen LogP contribution >= 0.6 is 15.9 Å². The number of hydrogen-bond acceptors (Lipinski definition) is 2. The Morgan fingerprint density at radius 3 is 2.68 bits per heavy atom. The van der Waals surface area contributed by atoms with Crippen LogP contribution in [0.25, 0.3) is 22.9 Å². The highest BCUT2D eigenvalue weighted by Crippen LogP contribution is 2.36. The van der Waals surface area contributed by atoms with Crippen LogP contribution in [0.5, 0.6) is 0 Å². The third-order valence-corrected chi connectivity index (χ3v) is 7.47. The lowest BCUT2D eigenvalue weighted by Crippen LogP contribution is -2.26. The van der Waals surface area contributed by atoms with Crippen molar-refractivity contribution in [3.63, 3.8) is 0 Å². The second-order valence-corrected chi connectivity index (χ2v) is 9.84. The summed E-state index contributed by atoms with van der Waals surface area (Å²) in [5.74, 6) is 0. The zero-order chi connectivity index (χ0) is 20.8. The number of benzene rings is 1. The van der Waals surface area contributed by atoms with Crippen molar-refractivity contribution in [2.75, 3.05) is 6.54 Å². The Kier molecular flexibility index (Phi) is 4.80. The molecule has 0 amide bonds. The Labute approximate surface area is 192 Å². The Hall–Kier alpha value is -2.65. The van der Waals surface area contributed by atoms with E-state index in [4.69, 9.17) is 4.98 Å². The van der Waals surface area contributed by atoms with Crippen LogP contribution in [-0.2, 0) is 12.8 Å². The fourth-order valence-corrected chi connectivity index (χ4v) is 5.58. The first-order chi connectivity index (χ1) is 15.2. The van der Waals surface area contributed by atoms with E-state index < -0.39 is 0 Å². The van der Waals surface area contributed by atoms with Crippen molar-refractivity contribution < 1.29 is 0 Å². The number of allylic oxidation sites excluding steroid dienone is 6. The molecule has 1 aromatic carbocycles. The number of nitrogens with zero attached hydrogens (tertiary/aromatic N) is 1. The van der Waals surface area contributed by atoms with Crippen LogP contribution < -0.4 is 5.32 Å². The van der Waals surface area contributed by atoms with Crippen molar-refractivity contribution in [2.24, 2.45) is 0 Å². The summed E-state index contributed by atoms with van der Waals surface area (Å²) in [6.45, 7) is 0.898. The zero-order valence-corrected chi connectivity index (χ0v) is 19.1. The van der Waals surface area contributed by atoms with E-state index in [0.29, 0.717) is 0 Å². The Balaban J connectivity index is 1.33. The summed E-state index contributed by atoms with van der Waals surface area (Å²) in [6, 6.07) is 9.19. The molecule has 3 heteroatoms. The van der Waals surface area contributed by atoms with Gasteiger partial charge in [0, 0.05) is 18.3 Å². The van der Waals surface area contributed by atoms with Gasteiger partial charge in [-0.05, 0) is 94.1 Å². The molecule has 0 radical (unpaired) electrons. The largest absolute Gasteiger partial charge is 0.379 e. The highest BCUT2D eigenvalue weighted by molar-refractivity contribution is 9.11. The fraction of sp³-hybridized carbons (Fsp3) is 0.250. The second kappa shape index (κ2) is 7.80. The predicted octanol–water partition coefficient (Wildman–Crippen LogP) is 6.89. The maximum atomic E-state index is 4.95. The van der Waals surface area contributed by atoms with Gasteiger partial charge < -0.3 is 5.32 Å². The van der Waals surface area contributed by atoms with E-state index in [1.807, 2.05) is 0 Å². The van der Waals surface area contributed by atoms with E-state index in [0.717, 1.165) is 50.8 Å². The minimum Gasteiger partial charge on any atom is -0.379 e. The van der Waals surface area contributed by atoms with Crippen LogP contribution in [0.2, 0.25) is 0 Å². The van der Waals surface area contributed by atoms with Gasteiger partial charge in [-0.1, -0.05) is 58.4 Å². The summed E-state index contributed by atoms with van der Waals surface area (Å²) >= 11 is 3.65. The minimum absolute atomic E-state index is 0.898. The summed E-state index contributed by atoms with van der Waals surface area (Å²) in [5.41, 5.74) is 13.3. The molecule has 154 valence electrons. The minimum atomic E-state index is 0.898. The van der Waals surface area contributed by atoms with Crippen LogP contribution in [0.15, 0.2) is 76.0 Å². The van der Waals surface area contributed by atoms with Crippen molar-refractivity contribution in [1.29, 1.82) is 0 Å². The van der Waals surface area contributed by atoms with Crippen molar-refractivity contribution in [3.05, 3.63) is 98.4 Å². The third kappa shape index (κ3) is 3.55. The average Bonchev–Trinajstić information content (AvgIpc) is 2.83. The highest BCUT2D eigenvalue weighted by atomic mass is 79.9. The molecule has 1 aliphatic heterocycles. The third-order valence-electron chi connectivity index (χ3n) is 6.84. The lowest BCUT2D eigenvalue weighted by molar-refractivity contribution is 0.827. The SMILES string of the molecule is BrC1=Cc2ccc(-c3cnc4c(c3)CCC3=C4NCC(C4=CC=CCC4)=C3)cc2CC1. The summed E-state index contributed by atoms with van der Waals surface area (Å²) in [5, 5.41) is 3.70. The van der Waals surface area contributed by atoms with Crippen molar-refractivity contribution in [1.82, 2.24) is 10.3 Å². The number of dihydropyridines is 1. The monoisotopic (exact) mass is 468 g/mol. The Morgan fingerprint density at radius 1 is 0.871 bits per heavy atom. The van der Waals surface area contributed by atoms with Crippen LogP contribution in [0, 0.1) is 0 Å². The molecule has 2 heterocycles. The number of aromatic nitrogens is 1. The zero-order valence-electron chi connectivity index (χ0n) is 17.5. The van der Waals surface area contributed by atoms with E-state index in [1.165, 1.54) is 54.7 Å². The molecule has 4 aliphatic rings. The summed E-state index contributed by atoms with van der Waals surface area (Å²) < 4.78 is 1.29. The number of pyridine rings is 1. The number of halogens is 1. The molecule has 2 nitrogen and oxygen atoms in total. The molecule has 1 N–H and O–H groups in total. The standard InChI is InChI=1S/C28H25BrN2/c29-26-11-10-19-12-20(6-7-21(19)15-26)25-14-23-9-8-22-13-24(18-4-2-1-3-5-18)16-30-27(22)28(23)31-17-25/h1-2,4,6-7,12-15,17,30H,3,5,8-11,16H2. The highest BCUT2D eigenvalue weighted by Gasteiger charge is 2.24. The molecule has 0 fully saturated rings. The molecule has 3 aliphatic carbocycles. The summed E-state index contributed by atoms with van der Waals surface area (Å²) in [4.78, 5) is 4.95. The predicted molar refractivity (Wildman–Crippen MR) is 133 cm³/mol. The van der Waals surface area contributed by atoms with Gasteiger partial charge in [0.1, 0.15) is 0 Å². The van der Waals surface area contributed by atoms with E-state index in [1.54, 1.807) is 0 Å². The number of fused-ring (bicyclic) bond motifs is 3. The van der Waals surface area contributed by atoms with Crippen LogP contribution in [0.3, 0.4) is 0 Å². The van der Waals surface area contributed by atoms with Crippen molar-refractivity contribution >= 4 is 27.7 Å². The van der Waals surface area contributed by atoms with Crippen LogP contribution in [0.4, 0.5) is 0 Å². The van der Waals surface area contributed by atoms with E-state index >= 15 is 0 Å². The molecule has 0 saturated heterocycles. The topological polar surface area (TPSA) is 24.9 Å². The number of nitrogens with one attached hydrogen (secondary N) is 1. The lowest BCUT2D eigenvalue weighted by atomic mass is 9.86. The van der Waals surface area contributed by atoms with Crippen LogP contribution in [-0.4, -0.2) is 11.5 Å². The molecule has 0 atom stereocenters. The summed E-state index contributed by atoms with van der Waals surface area (Å²) in [6.07, 6.45) is 20.1. The maximum absolute atomic E-state index is 4.95.